The molecule has 2 rings (SSSR count). The Bertz CT molecular complexity index is 490. The average molecular weight is 311 g/mol. The lowest BCUT2D eigenvalue weighted by atomic mass is 9.91. The first-order valence-corrected chi connectivity index (χ1v) is 7.59. The van der Waals surface area contributed by atoms with Gasteiger partial charge in [0.25, 0.3) is 0 Å². The Morgan fingerprint density at radius 3 is 2.76 bits per heavy atom. The summed E-state index contributed by atoms with van der Waals surface area (Å²) in [7, 11) is 0. The first kappa shape index (κ1) is 18.0. The Morgan fingerprint density at radius 2 is 2.10 bits per heavy atom. The van der Waals surface area contributed by atoms with E-state index in [1.807, 2.05) is 0 Å². The van der Waals surface area contributed by atoms with Crippen molar-refractivity contribution in [1.82, 2.24) is 10.6 Å². The maximum Gasteiger partial charge on any atom is 0.223 e. The number of carbonyl (C=O) groups is 1. The fraction of sp³-hybridized carbons (Fsp3) is 0.588. The maximum absolute atomic E-state index is 12.4. The van der Waals surface area contributed by atoms with Crippen LogP contribution in [0, 0.1) is 19.8 Å². The summed E-state index contributed by atoms with van der Waals surface area (Å²) in [6.45, 7) is 9.40. The number of hydrogen-bond donors (Lipinski definition) is 2. The topological polar surface area (TPSA) is 41.1 Å². The molecule has 1 unspecified atom stereocenters. The number of halogens is 1. The predicted molar refractivity (Wildman–Crippen MR) is 89.9 cm³/mol. The minimum absolute atomic E-state index is 0. The maximum atomic E-state index is 12.4. The van der Waals surface area contributed by atoms with Gasteiger partial charge in [-0.3, -0.25) is 4.79 Å². The second-order valence-corrected chi connectivity index (χ2v) is 6.10. The normalized spacial score (nSPS) is 23.0. The largest absolute Gasteiger partial charge is 0.349 e. The fourth-order valence-corrected chi connectivity index (χ4v) is 3.02. The monoisotopic (exact) mass is 310 g/mol. The van der Waals surface area contributed by atoms with Crippen LogP contribution in [0.15, 0.2) is 18.2 Å². The van der Waals surface area contributed by atoms with Crippen LogP contribution in [0.4, 0.5) is 0 Å². The smallest absolute Gasteiger partial charge is 0.223 e. The third kappa shape index (κ3) is 4.45. The standard InChI is InChI=1S/C17H26N2O.ClH/c1-11-6-5-7-16(13(11)3)14(4)19-17(20)15-8-9-18-12(2)10-15;/h5-7,12,14-15,18H,8-10H2,1-4H3,(H,19,20);1H/t12-,14?,15-;/m0./s1. The zero-order valence-corrected chi connectivity index (χ0v) is 14.2. The van der Waals surface area contributed by atoms with Gasteiger partial charge in [-0.1, -0.05) is 18.2 Å². The first-order valence-electron chi connectivity index (χ1n) is 7.59. The summed E-state index contributed by atoms with van der Waals surface area (Å²) in [6, 6.07) is 6.80. The number of nitrogens with one attached hydrogen (secondary N) is 2. The molecule has 4 heteroatoms. The Labute approximate surface area is 134 Å². The van der Waals surface area contributed by atoms with Crippen LogP contribution < -0.4 is 10.6 Å². The van der Waals surface area contributed by atoms with Crippen LogP contribution in [0.2, 0.25) is 0 Å². The van der Waals surface area contributed by atoms with E-state index in [1.54, 1.807) is 0 Å². The van der Waals surface area contributed by atoms with Crippen molar-refractivity contribution >= 4 is 18.3 Å². The molecule has 2 N–H and O–H groups in total. The van der Waals surface area contributed by atoms with Gasteiger partial charge in [0.05, 0.1) is 6.04 Å². The summed E-state index contributed by atoms with van der Waals surface area (Å²) < 4.78 is 0. The minimum Gasteiger partial charge on any atom is -0.349 e. The van der Waals surface area contributed by atoms with Gasteiger partial charge in [-0.25, -0.2) is 0 Å². The summed E-state index contributed by atoms with van der Waals surface area (Å²) in [6.07, 6.45) is 1.88. The molecular formula is C17H27ClN2O. The van der Waals surface area contributed by atoms with E-state index in [1.165, 1.54) is 16.7 Å². The van der Waals surface area contributed by atoms with Crippen LogP contribution in [0.25, 0.3) is 0 Å². The highest BCUT2D eigenvalue weighted by atomic mass is 35.5. The number of hydrogen-bond acceptors (Lipinski definition) is 2. The van der Waals surface area contributed by atoms with Gasteiger partial charge in [0, 0.05) is 12.0 Å². The first-order chi connectivity index (χ1) is 9.49. The number of aryl methyl sites for hydroxylation is 1. The van der Waals surface area contributed by atoms with Crippen molar-refractivity contribution in [1.29, 1.82) is 0 Å². The molecule has 0 aliphatic carbocycles. The minimum atomic E-state index is 0. The zero-order valence-electron chi connectivity index (χ0n) is 13.4. The van der Waals surface area contributed by atoms with Crippen molar-refractivity contribution in [3.05, 3.63) is 34.9 Å². The molecule has 1 aliphatic heterocycles. The summed E-state index contributed by atoms with van der Waals surface area (Å²) in [4.78, 5) is 12.4. The molecule has 1 saturated heterocycles. The highest BCUT2D eigenvalue weighted by Crippen LogP contribution is 2.22. The molecule has 0 bridgehead atoms. The van der Waals surface area contributed by atoms with Gasteiger partial charge < -0.3 is 10.6 Å². The van der Waals surface area contributed by atoms with Crippen molar-refractivity contribution in [2.75, 3.05) is 6.54 Å². The molecule has 118 valence electrons. The van der Waals surface area contributed by atoms with Crippen molar-refractivity contribution in [2.24, 2.45) is 5.92 Å². The van der Waals surface area contributed by atoms with Crippen LogP contribution in [-0.2, 0) is 4.79 Å². The Kier molecular flexibility index (Phi) is 6.69. The van der Waals surface area contributed by atoms with E-state index in [2.05, 4.69) is 56.5 Å². The highest BCUT2D eigenvalue weighted by molar-refractivity contribution is 5.85. The second-order valence-electron chi connectivity index (χ2n) is 6.10. The number of piperidine rings is 1. The molecule has 0 saturated carbocycles. The van der Waals surface area contributed by atoms with Gasteiger partial charge in [-0.2, -0.15) is 0 Å². The summed E-state index contributed by atoms with van der Waals surface area (Å²) in [5.41, 5.74) is 3.78. The predicted octanol–water partition coefficient (Wildman–Crippen LogP) is 3.29. The molecule has 1 aliphatic rings. The Hall–Kier alpha value is -1.06. The molecule has 3 atom stereocenters. The van der Waals surface area contributed by atoms with E-state index in [0.717, 1.165) is 19.4 Å². The van der Waals surface area contributed by atoms with Crippen LogP contribution >= 0.6 is 12.4 Å². The lowest BCUT2D eigenvalue weighted by Gasteiger charge is -2.28. The van der Waals surface area contributed by atoms with Crippen molar-refractivity contribution in [3.63, 3.8) is 0 Å². The van der Waals surface area contributed by atoms with Gasteiger partial charge in [0.15, 0.2) is 0 Å². The second kappa shape index (κ2) is 7.81. The molecule has 0 aromatic heterocycles. The SMILES string of the molecule is Cc1cccc(C(C)NC(=O)[C@H]2CCN[C@@H](C)C2)c1C.Cl. The summed E-state index contributed by atoms with van der Waals surface area (Å²) >= 11 is 0. The fourth-order valence-electron chi connectivity index (χ4n) is 3.02. The zero-order chi connectivity index (χ0) is 14.7. The quantitative estimate of drug-likeness (QED) is 0.899. The molecule has 1 aromatic carbocycles. The van der Waals surface area contributed by atoms with Gasteiger partial charge in [0.2, 0.25) is 5.91 Å². The van der Waals surface area contributed by atoms with E-state index >= 15 is 0 Å². The van der Waals surface area contributed by atoms with E-state index in [0.29, 0.717) is 6.04 Å². The van der Waals surface area contributed by atoms with Crippen molar-refractivity contribution < 1.29 is 4.79 Å². The van der Waals surface area contributed by atoms with Gasteiger partial charge in [-0.15, -0.1) is 12.4 Å². The summed E-state index contributed by atoms with van der Waals surface area (Å²) in [5.74, 6) is 0.352. The van der Waals surface area contributed by atoms with Gasteiger partial charge >= 0.3 is 0 Å². The summed E-state index contributed by atoms with van der Waals surface area (Å²) in [5, 5.41) is 6.58. The van der Waals surface area contributed by atoms with E-state index in [-0.39, 0.29) is 30.3 Å². The Morgan fingerprint density at radius 1 is 1.38 bits per heavy atom. The third-order valence-corrected chi connectivity index (χ3v) is 4.47. The highest BCUT2D eigenvalue weighted by Gasteiger charge is 2.25. The van der Waals surface area contributed by atoms with Gasteiger partial charge in [-0.05, 0) is 63.8 Å². The third-order valence-electron chi connectivity index (χ3n) is 4.47. The molecule has 0 spiro atoms. The van der Waals surface area contributed by atoms with Crippen molar-refractivity contribution in [2.45, 2.75) is 52.6 Å². The molecule has 1 heterocycles. The van der Waals surface area contributed by atoms with Crippen LogP contribution in [0.1, 0.15) is 49.4 Å². The lowest BCUT2D eigenvalue weighted by Crippen LogP contribution is -2.43. The molecule has 0 radical (unpaired) electrons. The van der Waals surface area contributed by atoms with Crippen LogP contribution in [0.5, 0.6) is 0 Å². The van der Waals surface area contributed by atoms with E-state index in [4.69, 9.17) is 0 Å². The Balaban J connectivity index is 0.00000220. The van der Waals surface area contributed by atoms with E-state index < -0.39 is 0 Å². The molecule has 3 nitrogen and oxygen atoms in total. The molecular weight excluding hydrogens is 284 g/mol. The molecule has 1 aromatic rings. The van der Waals surface area contributed by atoms with Gasteiger partial charge in [0.1, 0.15) is 0 Å². The van der Waals surface area contributed by atoms with Crippen LogP contribution in [-0.4, -0.2) is 18.5 Å². The number of carbonyl (C=O) groups excluding carboxylic acids is 1. The number of benzene rings is 1. The number of rotatable bonds is 3. The lowest BCUT2D eigenvalue weighted by molar-refractivity contribution is -0.126. The molecule has 1 amide bonds. The molecule has 1 fully saturated rings. The van der Waals surface area contributed by atoms with Crippen LogP contribution in [0.3, 0.4) is 0 Å². The van der Waals surface area contributed by atoms with E-state index in [9.17, 15) is 4.79 Å². The van der Waals surface area contributed by atoms with Crippen molar-refractivity contribution in [3.8, 4) is 0 Å². The average Bonchev–Trinajstić information content (AvgIpc) is 2.41. The molecule has 21 heavy (non-hydrogen) atoms. The number of amides is 1.